The standard InChI is InChI=1S/C22H22N4O4S/c1-14-12-20(23-22-18(14)6-5-7-19(22)30-4)26-21(13-15(2)24-26)25-31(27,28)17-10-8-16(29-3)9-11-17/h5-13,25H,1-4H3. The van der Waals surface area contributed by atoms with E-state index in [1.54, 1.807) is 32.2 Å². The van der Waals surface area contributed by atoms with Crippen LogP contribution in [0.25, 0.3) is 16.7 Å². The summed E-state index contributed by atoms with van der Waals surface area (Å²) in [6.07, 6.45) is 0. The minimum absolute atomic E-state index is 0.114. The van der Waals surface area contributed by atoms with E-state index >= 15 is 0 Å². The Labute approximate surface area is 180 Å². The monoisotopic (exact) mass is 438 g/mol. The number of sulfonamides is 1. The highest BCUT2D eigenvalue weighted by Crippen LogP contribution is 2.29. The molecule has 9 heteroatoms. The molecule has 0 unspecified atom stereocenters. The Hall–Kier alpha value is -3.59. The van der Waals surface area contributed by atoms with Crippen LogP contribution < -0.4 is 14.2 Å². The van der Waals surface area contributed by atoms with Crippen LogP contribution in [0.1, 0.15) is 11.3 Å². The SMILES string of the molecule is COc1ccc(S(=O)(=O)Nc2cc(C)nn2-c2cc(C)c3cccc(OC)c3n2)cc1. The minimum Gasteiger partial charge on any atom is -0.497 e. The summed E-state index contributed by atoms with van der Waals surface area (Å²) in [5, 5.41) is 5.41. The second kappa shape index (κ2) is 7.92. The number of aryl methyl sites for hydroxylation is 2. The largest absolute Gasteiger partial charge is 0.497 e. The van der Waals surface area contributed by atoms with Crippen molar-refractivity contribution in [3.05, 3.63) is 65.9 Å². The molecule has 0 radical (unpaired) electrons. The van der Waals surface area contributed by atoms with Crippen molar-refractivity contribution in [1.82, 2.24) is 14.8 Å². The molecule has 31 heavy (non-hydrogen) atoms. The van der Waals surface area contributed by atoms with E-state index in [2.05, 4.69) is 9.82 Å². The van der Waals surface area contributed by atoms with Crippen LogP contribution >= 0.6 is 0 Å². The summed E-state index contributed by atoms with van der Waals surface area (Å²) in [5.74, 6) is 1.97. The third kappa shape index (κ3) is 3.91. The number of fused-ring (bicyclic) bond motifs is 1. The molecule has 2 aromatic carbocycles. The zero-order valence-electron chi connectivity index (χ0n) is 17.6. The number of rotatable bonds is 6. The van der Waals surface area contributed by atoms with Crippen molar-refractivity contribution in [2.24, 2.45) is 0 Å². The van der Waals surface area contributed by atoms with E-state index in [0.717, 1.165) is 10.9 Å². The number of pyridine rings is 1. The summed E-state index contributed by atoms with van der Waals surface area (Å²) in [4.78, 5) is 4.81. The molecular formula is C22H22N4O4S. The molecule has 8 nitrogen and oxygen atoms in total. The van der Waals surface area contributed by atoms with E-state index in [0.29, 0.717) is 28.5 Å². The third-order valence-corrected chi connectivity index (χ3v) is 6.24. The molecular weight excluding hydrogens is 416 g/mol. The van der Waals surface area contributed by atoms with Crippen LogP contribution in [-0.4, -0.2) is 37.4 Å². The Morgan fingerprint density at radius 3 is 2.39 bits per heavy atom. The topological polar surface area (TPSA) is 95.3 Å². The average Bonchev–Trinajstić information content (AvgIpc) is 3.12. The first-order chi connectivity index (χ1) is 14.8. The minimum atomic E-state index is -3.84. The predicted octanol–water partition coefficient (Wildman–Crippen LogP) is 3.86. The quantitative estimate of drug-likeness (QED) is 0.491. The molecule has 1 N–H and O–H groups in total. The number of aromatic nitrogens is 3. The molecule has 160 valence electrons. The first kappa shape index (κ1) is 20.7. The maximum atomic E-state index is 12.9. The van der Waals surface area contributed by atoms with Gasteiger partial charge in [0.1, 0.15) is 22.8 Å². The van der Waals surface area contributed by atoms with Gasteiger partial charge in [-0.15, -0.1) is 0 Å². The lowest BCUT2D eigenvalue weighted by Crippen LogP contribution is -2.16. The van der Waals surface area contributed by atoms with Gasteiger partial charge in [0.2, 0.25) is 0 Å². The van der Waals surface area contributed by atoms with Crippen LogP contribution in [0.5, 0.6) is 11.5 Å². The van der Waals surface area contributed by atoms with Gasteiger partial charge in [0, 0.05) is 11.5 Å². The first-order valence-electron chi connectivity index (χ1n) is 9.50. The number of methoxy groups -OCH3 is 2. The Balaban J connectivity index is 1.79. The number of anilines is 1. The fourth-order valence-electron chi connectivity index (χ4n) is 3.35. The van der Waals surface area contributed by atoms with Crippen LogP contribution in [0.2, 0.25) is 0 Å². The highest BCUT2D eigenvalue weighted by atomic mass is 32.2. The summed E-state index contributed by atoms with van der Waals surface area (Å²) in [6, 6.07) is 15.4. The highest BCUT2D eigenvalue weighted by Gasteiger charge is 2.19. The van der Waals surface area contributed by atoms with Crippen LogP contribution in [0.3, 0.4) is 0 Å². The summed E-state index contributed by atoms with van der Waals surface area (Å²) in [5.41, 5.74) is 2.29. The van der Waals surface area contributed by atoms with E-state index in [1.807, 2.05) is 31.2 Å². The molecule has 0 aliphatic heterocycles. The van der Waals surface area contributed by atoms with Gasteiger partial charge in [0.25, 0.3) is 10.0 Å². The molecule has 2 heterocycles. The van der Waals surface area contributed by atoms with Gasteiger partial charge in [-0.25, -0.2) is 13.4 Å². The molecule has 4 rings (SSSR count). The van der Waals surface area contributed by atoms with Gasteiger partial charge in [0.15, 0.2) is 5.82 Å². The van der Waals surface area contributed by atoms with Crippen LogP contribution in [0.15, 0.2) is 59.5 Å². The van der Waals surface area contributed by atoms with Crippen LogP contribution in [-0.2, 0) is 10.0 Å². The van der Waals surface area contributed by atoms with Crippen molar-refractivity contribution in [2.75, 3.05) is 18.9 Å². The molecule has 0 aliphatic rings. The van der Waals surface area contributed by atoms with Gasteiger partial charge in [-0.1, -0.05) is 12.1 Å². The van der Waals surface area contributed by atoms with E-state index in [1.165, 1.54) is 23.9 Å². The van der Waals surface area contributed by atoms with Crippen LogP contribution in [0, 0.1) is 13.8 Å². The van der Waals surface area contributed by atoms with Crippen molar-refractivity contribution in [1.29, 1.82) is 0 Å². The smallest absolute Gasteiger partial charge is 0.263 e. The fraction of sp³-hybridized carbons (Fsp3) is 0.182. The summed E-state index contributed by atoms with van der Waals surface area (Å²) >= 11 is 0. The maximum absolute atomic E-state index is 12.9. The van der Waals surface area contributed by atoms with Crippen molar-refractivity contribution in [2.45, 2.75) is 18.7 Å². The van der Waals surface area contributed by atoms with Gasteiger partial charge >= 0.3 is 0 Å². The van der Waals surface area contributed by atoms with E-state index in [9.17, 15) is 8.42 Å². The molecule has 0 saturated carbocycles. The maximum Gasteiger partial charge on any atom is 0.263 e. The number of hydrogen-bond acceptors (Lipinski definition) is 6. The van der Waals surface area contributed by atoms with E-state index in [-0.39, 0.29) is 10.7 Å². The number of para-hydroxylation sites is 1. The Kier molecular flexibility index (Phi) is 5.28. The lowest BCUT2D eigenvalue weighted by Gasteiger charge is -2.13. The zero-order chi connectivity index (χ0) is 22.2. The van der Waals surface area contributed by atoms with Crippen LogP contribution in [0.4, 0.5) is 5.82 Å². The molecule has 4 aromatic rings. The van der Waals surface area contributed by atoms with Gasteiger partial charge in [-0.05, 0) is 55.8 Å². The Morgan fingerprint density at radius 2 is 1.71 bits per heavy atom. The normalized spacial score (nSPS) is 11.5. The first-order valence-corrected chi connectivity index (χ1v) is 11.0. The van der Waals surface area contributed by atoms with Gasteiger partial charge in [0.05, 0.1) is 24.8 Å². The molecule has 0 saturated heterocycles. The Morgan fingerprint density at radius 1 is 0.968 bits per heavy atom. The molecule has 0 atom stereocenters. The molecule has 0 amide bonds. The summed E-state index contributed by atoms with van der Waals surface area (Å²) < 4.78 is 40.5. The molecule has 0 aliphatic carbocycles. The second-order valence-corrected chi connectivity index (χ2v) is 8.70. The van der Waals surface area contributed by atoms with Crippen molar-refractivity contribution in [3.8, 4) is 17.3 Å². The zero-order valence-corrected chi connectivity index (χ0v) is 18.4. The van der Waals surface area contributed by atoms with E-state index < -0.39 is 10.0 Å². The number of ether oxygens (including phenoxy) is 2. The van der Waals surface area contributed by atoms with Crippen molar-refractivity contribution >= 4 is 26.7 Å². The lowest BCUT2D eigenvalue weighted by molar-refractivity contribution is 0.414. The molecule has 2 aromatic heterocycles. The van der Waals surface area contributed by atoms with Crippen molar-refractivity contribution in [3.63, 3.8) is 0 Å². The lowest BCUT2D eigenvalue weighted by atomic mass is 10.1. The Bertz CT molecular complexity index is 1360. The highest BCUT2D eigenvalue weighted by molar-refractivity contribution is 7.92. The fourth-order valence-corrected chi connectivity index (χ4v) is 4.38. The predicted molar refractivity (Wildman–Crippen MR) is 119 cm³/mol. The third-order valence-electron chi connectivity index (χ3n) is 4.87. The van der Waals surface area contributed by atoms with Gasteiger partial charge in [-0.2, -0.15) is 9.78 Å². The molecule has 0 bridgehead atoms. The summed E-state index contributed by atoms with van der Waals surface area (Å²) in [6.45, 7) is 3.75. The van der Waals surface area contributed by atoms with Crippen molar-refractivity contribution < 1.29 is 17.9 Å². The number of hydrogen-bond donors (Lipinski definition) is 1. The average molecular weight is 439 g/mol. The number of benzene rings is 2. The van der Waals surface area contributed by atoms with E-state index in [4.69, 9.17) is 14.5 Å². The van der Waals surface area contributed by atoms with Gasteiger partial charge < -0.3 is 9.47 Å². The van der Waals surface area contributed by atoms with Gasteiger partial charge in [-0.3, -0.25) is 4.72 Å². The second-order valence-electron chi connectivity index (χ2n) is 7.02. The molecule has 0 fully saturated rings. The summed E-state index contributed by atoms with van der Waals surface area (Å²) in [7, 11) is -0.727. The molecule has 0 spiro atoms. The number of nitrogens with one attached hydrogen (secondary N) is 1. The number of nitrogens with zero attached hydrogens (tertiary/aromatic N) is 3.